The molecule has 1 aromatic carbocycles. The van der Waals surface area contributed by atoms with E-state index in [1.54, 1.807) is 29.5 Å². The number of sulfonamides is 1. The standard InChI is InChI=1S/C18H19NO4S2/c1-3-22-16-8-6-13(2)11-18(16)25(20,21)19-12-14-7-9-15(23-14)17-5-4-10-24-17/h4-11,19H,3,12H2,1-2H3. The van der Waals surface area contributed by atoms with Crippen LogP contribution in [0.5, 0.6) is 5.75 Å². The fourth-order valence-electron chi connectivity index (χ4n) is 2.37. The molecule has 25 heavy (non-hydrogen) atoms. The molecule has 7 heteroatoms. The van der Waals surface area contributed by atoms with Gasteiger partial charge in [-0.15, -0.1) is 11.3 Å². The van der Waals surface area contributed by atoms with Crippen LogP contribution in [0.25, 0.3) is 10.6 Å². The number of furan rings is 1. The Morgan fingerprint density at radius 3 is 2.76 bits per heavy atom. The predicted molar refractivity (Wildman–Crippen MR) is 98.4 cm³/mol. The summed E-state index contributed by atoms with van der Waals surface area (Å²) < 4.78 is 39.0. The van der Waals surface area contributed by atoms with E-state index in [1.807, 2.05) is 43.5 Å². The molecule has 5 nitrogen and oxygen atoms in total. The Hall–Kier alpha value is -2.09. The number of hydrogen-bond donors (Lipinski definition) is 1. The van der Waals surface area contributed by atoms with E-state index in [1.165, 1.54) is 0 Å². The molecule has 2 aromatic heterocycles. The van der Waals surface area contributed by atoms with Crippen LogP contribution in [0, 0.1) is 6.92 Å². The topological polar surface area (TPSA) is 68.5 Å². The van der Waals surface area contributed by atoms with Crippen LogP contribution < -0.4 is 9.46 Å². The third-order valence-corrected chi connectivity index (χ3v) is 5.86. The average Bonchev–Trinajstić information content (AvgIpc) is 3.26. The van der Waals surface area contributed by atoms with Gasteiger partial charge in [0.25, 0.3) is 0 Å². The maximum absolute atomic E-state index is 12.7. The molecule has 0 amide bonds. The van der Waals surface area contributed by atoms with Crippen LogP contribution in [0.4, 0.5) is 0 Å². The first-order valence-corrected chi connectivity index (χ1v) is 10.2. The van der Waals surface area contributed by atoms with Crippen molar-refractivity contribution in [2.75, 3.05) is 6.61 Å². The van der Waals surface area contributed by atoms with Gasteiger partial charge >= 0.3 is 0 Å². The fraction of sp³-hybridized carbons (Fsp3) is 0.222. The number of ether oxygens (including phenoxy) is 1. The molecule has 0 fully saturated rings. The molecule has 0 spiro atoms. The highest BCUT2D eigenvalue weighted by Gasteiger charge is 2.20. The molecular formula is C18H19NO4S2. The Morgan fingerprint density at radius 1 is 1.20 bits per heavy atom. The SMILES string of the molecule is CCOc1ccc(C)cc1S(=O)(=O)NCc1ccc(-c2cccs2)o1. The molecule has 0 unspecified atom stereocenters. The molecule has 0 saturated heterocycles. The zero-order valence-electron chi connectivity index (χ0n) is 14.0. The van der Waals surface area contributed by atoms with Gasteiger partial charge in [-0.3, -0.25) is 0 Å². The van der Waals surface area contributed by atoms with Gasteiger partial charge in [0.15, 0.2) is 0 Å². The Morgan fingerprint density at radius 2 is 2.04 bits per heavy atom. The average molecular weight is 377 g/mol. The van der Waals surface area contributed by atoms with E-state index in [-0.39, 0.29) is 11.4 Å². The molecule has 0 aliphatic rings. The van der Waals surface area contributed by atoms with Gasteiger partial charge in [-0.05, 0) is 55.1 Å². The lowest BCUT2D eigenvalue weighted by atomic mass is 10.2. The summed E-state index contributed by atoms with van der Waals surface area (Å²) in [5.41, 5.74) is 0.849. The van der Waals surface area contributed by atoms with E-state index >= 15 is 0 Å². The largest absolute Gasteiger partial charge is 0.492 e. The molecule has 3 aromatic rings. The molecule has 0 atom stereocenters. The van der Waals surface area contributed by atoms with Crippen molar-refractivity contribution in [1.82, 2.24) is 4.72 Å². The molecule has 0 bridgehead atoms. The summed E-state index contributed by atoms with van der Waals surface area (Å²) in [6, 6.07) is 12.6. The minimum atomic E-state index is -3.71. The highest BCUT2D eigenvalue weighted by Crippen LogP contribution is 2.28. The Balaban J connectivity index is 1.77. The summed E-state index contributed by atoms with van der Waals surface area (Å²) in [5.74, 6) is 1.63. The smallest absolute Gasteiger partial charge is 0.244 e. The van der Waals surface area contributed by atoms with Crippen LogP contribution in [0.1, 0.15) is 18.2 Å². The predicted octanol–water partition coefficient (Wildman–Crippen LogP) is 4.19. The molecule has 2 heterocycles. The Labute approximate surface area is 151 Å². The number of benzene rings is 1. The minimum Gasteiger partial charge on any atom is -0.492 e. The summed E-state index contributed by atoms with van der Waals surface area (Å²) in [6.07, 6.45) is 0. The van der Waals surface area contributed by atoms with Gasteiger partial charge in [-0.25, -0.2) is 13.1 Å². The molecule has 132 valence electrons. The van der Waals surface area contributed by atoms with Crippen LogP contribution in [0.2, 0.25) is 0 Å². The van der Waals surface area contributed by atoms with Crippen molar-refractivity contribution in [3.05, 3.63) is 59.2 Å². The van der Waals surface area contributed by atoms with E-state index in [0.29, 0.717) is 18.1 Å². The second-order valence-electron chi connectivity index (χ2n) is 5.45. The molecule has 0 saturated carbocycles. The van der Waals surface area contributed by atoms with Crippen LogP contribution in [0.3, 0.4) is 0 Å². The van der Waals surface area contributed by atoms with Gasteiger partial charge in [0.2, 0.25) is 10.0 Å². The minimum absolute atomic E-state index is 0.0766. The lowest BCUT2D eigenvalue weighted by molar-refractivity contribution is 0.331. The van der Waals surface area contributed by atoms with E-state index in [0.717, 1.165) is 16.2 Å². The van der Waals surface area contributed by atoms with Crippen molar-refractivity contribution in [3.8, 4) is 16.4 Å². The van der Waals surface area contributed by atoms with E-state index in [9.17, 15) is 8.42 Å². The third kappa shape index (κ3) is 4.12. The number of rotatable bonds is 7. The summed E-state index contributed by atoms with van der Waals surface area (Å²) in [7, 11) is -3.71. The summed E-state index contributed by atoms with van der Waals surface area (Å²) in [6.45, 7) is 4.13. The third-order valence-electron chi connectivity index (χ3n) is 3.55. The second kappa shape index (κ2) is 7.43. The Kier molecular flexibility index (Phi) is 5.27. The highest BCUT2D eigenvalue weighted by atomic mass is 32.2. The van der Waals surface area contributed by atoms with Crippen LogP contribution in [0.15, 0.2) is 57.2 Å². The van der Waals surface area contributed by atoms with Crippen molar-refractivity contribution in [2.45, 2.75) is 25.3 Å². The first-order chi connectivity index (χ1) is 12.0. The van der Waals surface area contributed by atoms with Crippen molar-refractivity contribution >= 4 is 21.4 Å². The van der Waals surface area contributed by atoms with Crippen LogP contribution in [-0.4, -0.2) is 15.0 Å². The number of thiophene rings is 1. The maximum Gasteiger partial charge on any atom is 0.244 e. The zero-order chi connectivity index (χ0) is 17.9. The molecule has 3 rings (SSSR count). The van der Waals surface area contributed by atoms with Crippen LogP contribution in [-0.2, 0) is 16.6 Å². The summed E-state index contributed by atoms with van der Waals surface area (Å²) >= 11 is 1.57. The quantitative estimate of drug-likeness (QED) is 0.670. The Bertz CT molecular complexity index is 943. The summed E-state index contributed by atoms with van der Waals surface area (Å²) in [5, 5.41) is 1.97. The lowest BCUT2D eigenvalue weighted by Crippen LogP contribution is -2.23. The molecular weight excluding hydrogens is 358 g/mol. The van der Waals surface area contributed by atoms with Gasteiger partial charge < -0.3 is 9.15 Å². The number of hydrogen-bond acceptors (Lipinski definition) is 5. The van der Waals surface area contributed by atoms with Gasteiger partial charge in [-0.2, -0.15) is 0 Å². The van der Waals surface area contributed by atoms with Gasteiger partial charge in [0, 0.05) is 0 Å². The monoisotopic (exact) mass is 377 g/mol. The van der Waals surface area contributed by atoms with E-state index in [4.69, 9.17) is 9.15 Å². The van der Waals surface area contributed by atoms with Crippen molar-refractivity contribution in [2.24, 2.45) is 0 Å². The van der Waals surface area contributed by atoms with Crippen molar-refractivity contribution < 1.29 is 17.6 Å². The van der Waals surface area contributed by atoms with Gasteiger partial charge in [0.1, 0.15) is 22.2 Å². The van der Waals surface area contributed by atoms with Crippen molar-refractivity contribution in [1.29, 1.82) is 0 Å². The van der Waals surface area contributed by atoms with Gasteiger partial charge in [-0.1, -0.05) is 12.1 Å². The van der Waals surface area contributed by atoms with Gasteiger partial charge in [0.05, 0.1) is 18.0 Å². The van der Waals surface area contributed by atoms with E-state index < -0.39 is 10.0 Å². The first kappa shape index (κ1) is 17.7. The van der Waals surface area contributed by atoms with E-state index in [2.05, 4.69) is 4.72 Å². The molecule has 0 aliphatic carbocycles. The normalized spacial score (nSPS) is 11.6. The first-order valence-electron chi connectivity index (χ1n) is 7.85. The maximum atomic E-state index is 12.7. The number of nitrogens with one attached hydrogen (secondary N) is 1. The second-order valence-corrected chi connectivity index (χ2v) is 8.13. The number of aryl methyl sites for hydroxylation is 1. The molecule has 0 radical (unpaired) electrons. The van der Waals surface area contributed by atoms with Crippen molar-refractivity contribution in [3.63, 3.8) is 0 Å². The fourth-order valence-corrected chi connectivity index (χ4v) is 4.28. The van der Waals surface area contributed by atoms with Crippen LogP contribution >= 0.6 is 11.3 Å². The molecule has 0 aliphatic heterocycles. The zero-order valence-corrected chi connectivity index (χ0v) is 15.6. The lowest BCUT2D eigenvalue weighted by Gasteiger charge is -2.12. The summed E-state index contributed by atoms with van der Waals surface area (Å²) in [4.78, 5) is 1.14. The highest BCUT2D eigenvalue weighted by molar-refractivity contribution is 7.89. The molecule has 1 N–H and O–H groups in total.